The maximum atomic E-state index is 13.5. The number of methoxy groups -OCH3 is 3. The molecule has 0 fully saturated rings. The molecule has 210 valence electrons. The fourth-order valence-electron chi connectivity index (χ4n) is 4.82. The minimum Gasteiger partial charge on any atom is -0.493 e. The van der Waals surface area contributed by atoms with Gasteiger partial charge in [0, 0.05) is 36.4 Å². The van der Waals surface area contributed by atoms with Crippen molar-refractivity contribution in [1.29, 1.82) is 0 Å². The molecule has 1 amide bonds. The normalized spacial score (nSPS) is 17.6. The van der Waals surface area contributed by atoms with E-state index < -0.39 is 42.2 Å². The van der Waals surface area contributed by atoms with Gasteiger partial charge in [0.25, 0.3) is 0 Å². The van der Waals surface area contributed by atoms with E-state index in [-0.39, 0.29) is 17.7 Å². The van der Waals surface area contributed by atoms with E-state index in [0.717, 1.165) is 24.1 Å². The van der Waals surface area contributed by atoms with Crippen molar-refractivity contribution in [3.63, 3.8) is 0 Å². The van der Waals surface area contributed by atoms with E-state index in [1.54, 1.807) is 12.1 Å². The summed E-state index contributed by atoms with van der Waals surface area (Å²) in [5, 5.41) is 0. The van der Waals surface area contributed by atoms with Gasteiger partial charge in [-0.15, -0.1) is 0 Å². The lowest BCUT2D eigenvalue weighted by Gasteiger charge is -2.44. The van der Waals surface area contributed by atoms with E-state index in [2.05, 4.69) is 4.90 Å². The molecule has 38 heavy (non-hydrogen) atoms. The highest BCUT2D eigenvalue weighted by Crippen LogP contribution is 2.46. The van der Waals surface area contributed by atoms with Crippen molar-refractivity contribution >= 4 is 11.8 Å². The summed E-state index contributed by atoms with van der Waals surface area (Å²) in [7, 11) is 4.02. The van der Waals surface area contributed by atoms with E-state index in [1.807, 2.05) is 13.8 Å². The molecule has 1 heterocycles. The van der Waals surface area contributed by atoms with Gasteiger partial charge in [-0.1, -0.05) is 6.92 Å². The number of rotatable bonds is 7. The Kier molecular flexibility index (Phi) is 8.62. The van der Waals surface area contributed by atoms with Crippen LogP contribution in [0.15, 0.2) is 30.3 Å². The van der Waals surface area contributed by atoms with Crippen LogP contribution >= 0.6 is 0 Å². The molecule has 6 nitrogen and oxygen atoms in total. The van der Waals surface area contributed by atoms with Crippen LogP contribution in [-0.4, -0.2) is 44.9 Å². The number of carbonyl (C=O) groups excluding carboxylic acids is 1. The molecular weight excluding hydrogens is 518 g/mol. The summed E-state index contributed by atoms with van der Waals surface area (Å²) in [5.41, 5.74) is -1.90. The highest BCUT2D eigenvalue weighted by atomic mass is 19.4. The number of ether oxygens (including phenoxy) is 3. The largest absolute Gasteiger partial charge is 0.493 e. The van der Waals surface area contributed by atoms with Crippen molar-refractivity contribution < 1.29 is 45.3 Å². The van der Waals surface area contributed by atoms with Crippen LogP contribution in [0.2, 0.25) is 0 Å². The SMILES string of the molecule is CCCN1c2cc(OC)c(OC)cc2C(N(Cc2cc(C(F)(F)F)cc(C(F)(F)F)c2)C(=O)OC)CC1C. The Labute approximate surface area is 217 Å². The quantitative estimate of drug-likeness (QED) is 0.347. The summed E-state index contributed by atoms with van der Waals surface area (Å²) in [6.07, 6.45) is -9.75. The summed E-state index contributed by atoms with van der Waals surface area (Å²) >= 11 is 0. The predicted octanol–water partition coefficient (Wildman–Crippen LogP) is 7.06. The van der Waals surface area contributed by atoms with Gasteiger partial charge in [-0.3, -0.25) is 4.90 Å². The molecule has 3 rings (SSSR count). The smallest absolute Gasteiger partial charge is 0.416 e. The molecule has 2 aromatic rings. The molecule has 1 aliphatic heterocycles. The summed E-state index contributed by atoms with van der Waals surface area (Å²) in [6, 6.07) is 3.88. The van der Waals surface area contributed by atoms with Crippen LogP contribution in [0.1, 0.15) is 55.0 Å². The summed E-state index contributed by atoms with van der Waals surface area (Å²) in [6.45, 7) is 4.07. The number of halogens is 6. The maximum absolute atomic E-state index is 13.5. The van der Waals surface area contributed by atoms with Crippen LogP contribution in [0.25, 0.3) is 0 Å². The minimum absolute atomic E-state index is 0.0593. The average molecular weight is 549 g/mol. The molecule has 0 aliphatic carbocycles. The first-order valence-electron chi connectivity index (χ1n) is 11.9. The van der Waals surface area contributed by atoms with Gasteiger partial charge in [0.15, 0.2) is 11.5 Å². The zero-order valence-electron chi connectivity index (χ0n) is 21.7. The number of hydrogen-bond donors (Lipinski definition) is 0. The molecule has 0 saturated carbocycles. The topological polar surface area (TPSA) is 51.2 Å². The van der Waals surface area contributed by atoms with Gasteiger partial charge >= 0.3 is 18.4 Å². The molecular formula is C26H30F6N2O4. The van der Waals surface area contributed by atoms with Crippen molar-refractivity contribution in [2.24, 2.45) is 0 Å². The second-order valence-electron chi connectivity index (χ2n) is 9.07. The summed E-state index contributed by atoms with van der Waals surface area (Å²) < 4.78 is 96.6. The minimum atomic E-state index is -5.01. The molecule has 1 aliphatic rings. The Bertz CT molecular complexity index is 1120. The lowest BCUT2D eigenvalue weighted by Crippen LogP contribution is -2.45. The molecule has 0 spiro atoms. The number of benzene rings is 2. The summed E-state index contributed by atoms with van der Waals surface area (Å²) in [5.74, 6) is 0.808. The molecule has 12 heteroatoms. The van der Waals surface area contributed by atoms with E-state index in [1.165, 1.54) is 14.2 Å². The van der Waals surface area contributed by atoms with Crippen LogP contribution in [-0.2, 0) is 23.6 Å². The van der Waals surface area contributed by atoms with Gasteiger partial charge in [0.05, 0.1) is 38.5 Å². The van der Waals surface area contributed by atoms with Gasteiger partial charge in [0.2, 0.25) is 0 Å². The predicted molar refractivity (Wildman–Crippen MR) is 128 cm³/mol. The average Bonchev–Trinajstić information content (AvgIpc) is 2.86. The first-order valence-corrected chi connectivity index (χ1v) is 11.9. The number of hydrogen-bond acceptors (Lipinski definition) is 5. The van der Waals surface area contributed by atoms with Crippen molar-refractivity contribution in [1.82, 2.24) is 4.90 Å². The van der Waals surface area contributed by atoms with Gasteiger partial charge in [-0.2, -0.15) is 26.3 Å². The van der Waals surface area contributed by atoms with Gasteiger partial charge < -0.3 is 19.1 Å². The number of alkyl halides is 6. The third-order valence-corrected chi connectivity index (χ3v) is 6.55. The first kappa shape index (κ1) is 29.2. The fraction of sp³-hybridized carbons (Fsp3) is 0.500. The first-order chi connectivity index (χ1) is 17.7. The number of anilines is 1. The number of nitrogens with zero attached hydrogens (tertiary/aromatic N) is 2. The Balaban J connectivity index is 2.17. The highest BCUT2D eigenvalue weighted by Gasteiger charge is 2.40. The Morgan fingerprint density at radius 3 is 1.97 bits per heavy atom. The Hall–Kier alpha value is -3.31. The molecule has 0 saturated heterocycles. The Morgan fingerprint density at radius 2 is 1.50 bits per heavy atom. The molecule has 0 aromatic heterocycles. The van der Waals surface area contributed by atoms with Crippen LogP contribution in [0.3, 0.4) is 0 Å². The molecule has 2 aromatic carbocycles. The van der Waals surface area contributed by atoms with Gasteiger partial charge in [-0.05, 0) is 49.6 Å². The van der Waals surface area contributed by atoms with Crippen molar-refractivity contribution in [3.05, 3.63) is 52.6 Å². The molecule has 0 N–H and O–H groups in total. The lowest BCUT2D eigenvalue weighted by molar-refractivity contribution is -0.143. The van der Waals surface area contributed by atoms with Crippen LogP contribution < -0.4 is 14.4 Å². The lowest BCUT2D eigenvalue weighted by atomic mass is 9.89. The van der Waals surface area contributed by atoms with Crippen LogP contribution in [0.4, 0.5) is 36.8 Å². The maximum Gasteiger partial charge on any atom is 0.416 e. The van der Waals surface area contributed by atoms with E-state index >= 15 is 0 Å². The highest BCUT2D eigenvalue weighted by molar-refractivity contribution is 5.71. The van der Waals surface area contributed by atoms with Crippen LogP contribution in [0.5, 0.6) is 11.5 Å². The number of amides is 1. The zero-order valence-corrected chi connectivity index (χ0v) is 21.7. The standard InChI is InChI=1S/C26H30F6N2O4/c1-6-7-33-15(2)8-20(19-12-22(36-3)23(37-4)13-21(19)33)34(24(35)38-5)14-16-9-17(25(27,28)29)11-18(10-16)26(30,31)32/h9-13,15,20H,6-8,14H2,1-5H3. The molecule has 2 unspecified atom stereocenters. The molecule has 0 bridgehead atoms. The second kappa shape index (κ2) is 11.2. The van der Waals surface area contributed by atoms with E-state index in [9.17, 15) is 31.1 Å². The number of fused-ring (bicyclic) bond motifs is 1. The number of carbonyl (C=O) groups is 1. The second-order valence-corrected chi connectivity index (χ2v) is 9.07. The van der Waals surface area contributed by atoms with E-state index in [4.69, 9.17) is 14.2 Å². The molecule has 2 atom stereocenters. The van der Waals surface area contributed by atoms with Crippen molar-refractivity contribution in [2.75, 3.05) is 32.8 Å². The van der Waals surface area contributed by atoms with Crippen molar-refractivity contribution in [2.45, 2.75) is 57.7 Å². The van der Waals surface area contributed by atoms with Crippen molar-refractivity contribution in [3.8, 4) is 11.5 Å². The van der Waals surface area contributed by atoms with Gasteiger partial charge in [-0.25, -0.2) is 4.79 Å². The van der Waals surface area contributed by atoms with Crippen LogP contribution in [0, 0.1) is 0 Å². The fourth-order valence-corrected chi connectivity index (χ4v) is 4.82. The third kappa shape index (κ3) is 6.05. The van der Waals surface area contributed by atoms with Gasteiger partial charge in [0.1, 0.15) is 0 Å². The summed E-state index contributed by atoms with van der Waals surface area (Å²) in [4.78, 5) is 16.2. The zero-order chi connectivity index (χ0) is 28.4. The van der Waals surface area contributed by atoms with E-state index in [0.29, 0.717) is 42.2 Å². The molecule has 0 radical (unpaired) electrons. The third-order valence-electron chi connectivity index (χ3n) is 6.55. The Morgan fingerprint density at radius 1 is 0.947 bits per heavy atom. The monoisotopic (exact) mass is 548 g/mol.